The molecule has 1 heterocycles. The van der Waals surface area contributed by atoms with Gasteiger partial charge in [0.25, 0.3) is 5.91 Å². The van der Waals surface area contributed by atoms with Crippen molar-refractivity contribution in [2.45, 2.75) is 17.9 Å². The van der Waals surface area contributed by atoms with Crippen molar-refractivity contribution in [2.75, 3.05) is 25.0 Å². The minimum Gasteiger partial charge on any atom is -0.484 e. The number of rotatable bonds is 11. The van der Waals surface area contributed by atoms with Gasteiger partial charge < -0.3 is 15.4 Å². The second-order valence-corrected chi connectivity index (χ2v) is 10.5. The quantitative estimate of drug-likeness (QED) is 0.242. The maximum Gasteiger partial charge on any atom is 0.258 e. The molecule has 4 rings (SSSR count). The number of nitrogens with zero attached hydrogens (tertiary/aromatic N) is 1. The number of hydrogen-bond donors (Lipinski definition) is 3. The van der Waals surface area contributed by atoms with Crippen molar-refractivity contribution in [2.24, 2.45) is 0 Å². The second kappa shape index (κ2) is 12.1. The highest BCUT2D eigenvalue weighted by Gasteiger charge is 2.18. The number of halogens is 1. The zero-order valence-corrected chi connectivity index (χ0v) is 21.7. The van der Waals surface area contributed by atoms with Crippen LogP contribution in [0.2, 0.25) is 5.02 Å². The monoisotopic (exact) mass is 538 g/mol. The summed E-state index contributed by atoms with van der Waals surface area (Å²) in [6.07, 6.45) is 1.70. The molecule has 8 nitrogen and oxygen atoms in total. The fourth-order valence-electron chi connectivity index (χ4n) is 3.70. The Kier molecular flexibility index (Phi) is 8.60. The molecule has 1 amide bonds. The molecule has 0 unspecified atom stereocenters. The molecule has 0 aliphatic rings. The summed E-state index contributed by atoms with van der Waals surface area (Å²) < 4.78 is 33.6. The number of carbonyl (C=O) groups excluding carboxylic acids is 1. The maximum absolute atomic E-state index is 12.7. The highest BCUT2D eigenvalue weighted by molar-refractivity contribution is 7.89. The molecule has 0 fully saturated rings. The highest BCUT2D eigenvalue weighted by atomic mass is 35.5. The number of fused-ring (bicyclic) bond motifs is 1. The van der Waals surface area contributed by atoms with Crippen LogP contribution in [-0.4, -0.2) is 39.0 Å². The Hall–Kier alpha value is -3.66. The predicted molar refractivity (Wildman–Crippen MR) is 145 cm³/mol. The van der Waals surface area contributed by atoms with Crippen LogP contribution in [0.3, 0.4) is 0 Å². The Balaban J connectivity index is 1.22. The summed E-state index contributed by atoms with van der Waals surface area (Å²) in [5.74, 6) is 0.105. The van der Waals surface area contributed by atoms with Gasteiger partial charge in [-0.3, -0.25) is 9.78 Å². The van der Waals surface area contributed by atoms with Crippen LogP contribution in [0.25, 0.3) is 10.9 Å². The molecular weight excluding hydrogens is 512 g/mol. The first-order chi connectivity index (χ1) is 17.8. The summed E-state index contributed by atoms with van der Waals surface area (Å²) in [5, 5.41) is 7.62. The number of pyridine rings is 1. The zero-order chi connectivity index (χ0) is 26.3. The van der Waals surface area contributed by atoms with E-state index in [1.54, 1.807) is 25.3 Å². The number of hydrogen-bond acceptors (Lipinski definition) is 6. The molecule has 0 saturated heterocycles. The number of ether oxygens (including phenoxy) is 1. The molecule has 0 saturated carbocycles. The standard InChI is InChI=1S/C27H27ClN4O4S/c1-19(20-5-3-2-4-6-20)32-37(34,35)23-10-8-22(9-11-23)36-18-27(33)31-16-15-30-25-13-14-29-26-17-21(28)7-12-24(25)26/h2-14,17,19,32H,15-16,18H2,1H3,(H,29,30)(H,31,33)/t19-/m0/s1. The lowest BCUT2D eigenvalue weighted by Crippen LogP contribution is -2.32. The average molecular weight is 539 g/mol. The van der Waals surface area contributed by atoms with Crippen LogP contribution in [0.4, 0.5) is 5.69 Å². The van der Waals surface area contributed by atoms with E-state index in [1.807, 2.05) is 42.5 Å². The van der Waals surface area contributed by atoms with E-state index in [2.05, 4.69) is 20.3 Å². The number of carbonyl (C=O) groups is 1. The Morgan fingerprint density at radius 3 is 2.51 bits per heavy atom. The first-order valence-corrected chi connectivity index (χ1v) is 13.5. The van der Waals surface area contributed by atoms with E-state index in [4.69, 9.17) is 16.3 Å². The van der Waals surface area contributed by atoms with Crippen molar-refractivity contribution in [3.8, 4) is 5.75 Å². The van der Waals surface area contributed by atoms with Crippen LogP contribution < -0.4 is 20.1 Å². The van der Waals surface area contributed by atoms with E-state index < -0.39 is 10.0 Å². The molecule has 1 aromatic heterocycles. The molecular formula is C27H27ClN4O4S. The Labute approximate surface area is 221 Å². The number of benzene rings is 3. The van der Waals surface area contributed by atoms with Crippen LogP contribution in [0.1, 0.15) is 18.5 Å². The van der Waals surface area contributed by atoms with E-state index in [1.165, 1.54) is 24.3 Å². The summed E-state index contributed by atoms with van der Waals surface area (Å²) in [5.41, 5.74) is 2.55. The first-order valence-electron chi connectivity index (χ1n) is 11.7. The SMILES string of the molecule is C[C@H](NS(=O)(=O)c1ccc(OCC(=O)NCCNc2ccnc3cc(Cl)ccc23)cc1)c1ccccc1. The summed E-state index contributed by atoms with van der Waals surface area (Å²) in [6.45, 7) is 2.50. The van der Waals surface area contributed by atoms with Gasteiger partial charge in [0.05, 0.1) is 10.4 Å². The van der Waals surface area contributed by atoms with Crippen molar-refractivity contribution in [3.05, 3.63) is 95.6 Å². The van der Waals surface area contributed by atoms with Crippen molar-refractivity contribution in [3.63, 3.8) is 0 Å². The largest absolute Gasteiger partial charge is 0.484 e. The average Bonchev–Trinajstić information content (AvgIpc) is 2.90. The Morgan fingerprint density at radius 1 is 1.00 bits per heavy atom. The van der Waals surface area contributed by atoms with Gasteiger partial charge in [0.1, 0.15) is 5.75 Å². The maximum atomic E-state index is 12.7. The normalized spacial score (nSPS) is 12.2. The molecule has 0 aliphatic heterocycles. The number of amides is 1. The lowest BCUT2D eigenvalue weighted by atomic mass is 10.1. The van der Waals surface area contributed by atoms with Gasteiger partial charge in [-0.1, -0.05) is 41.9 Å². The molecule has 4 aromatic rings. The fraction of sp³-hybridized carbons (Fsp3) is 0.185. The summed E-state index contributed by atoms with van der Waals surface area (Å²) in [7, 11) is -3.71. The number of anilines is 1. The summed E-state index contributed by atoms with van der Waals surface area (Å²) in [4.78, 5) is 16.6. The van der Waals surface area contributed by atoms with Crippen LogP contribution in [0, 0.1) is 0 Å². The molecule has 1 atom stereocenters. The predicted octanol–water partition coefficient (Wildman–Crippen LogP) is 4.53. The van der Waals surface area contributed by atoms with Crippen LogP contribution in [0.5, 0.6) is 5.75 Å². The van der Waals surface area contributed by atoms with E-state index in [0.29, 0.717) is 23.9 Å². The van der Waals surface area contributed by atoms with Crippen molar-refractivity contribution < 1.29 is 17.9 Å². The number of nitrogens with one attached hydrogen (secondary N) is 3. The highest BCUT2D eigenvalue weighted by Crippen LogP contribution is 2.24. The van der Waals surface area contributed by atoms with Gasteiger partial charge in [-0.05, 0) is 61.0 Å². The van der Waals surface area contributed by atoms with Gasteiger partial charge in [0.2, 0.25) is 10.0 Å². The summed E-state index contributed by atoms with van der Waals surface area (Å²) in [6, 6.07) is 22.3. The minimum atomic E-state index is -3.71. The Bertz CT molecular complexity index is 1470. The Morgan fingerprint density at radius 2 is 1.76 bits per heavy atom. The fourth-order valence-corrected chi connectivity index (χ4v) is 5.10. The molecule has 37 heavy (non-hydrogen) atoms. The number of sulfonamides is 1. The van der Waals surface area contributed by atoms with Crippen LogP contribution in [-0.2, 0) is 14.8 Å². The molecule has 10 heteroatoms. The van der Waals surface area contributed by atoms with Crippen molar-refractivity contribution in [1.82, 2.24) is 15.0 Å². The number of aromatic nitrogens is 1. The van der Waals surface area contributed by atoms with Crippen molar-refractivity contribution in [1.29, 1.82) is 0 Å². The molecule has 0 bridgehead atoms. The van der Waals surface area contributed by atoms with Gasteiger partial charge in [-0.15, -0.1) is 0 Å². The molecule has 0 spiro atoms. The third kappa shape index (κ3) is 7.19. The smallest absolute Gasteiger partial charge is 0.258 e. The van der Waals surface area contributed by atoms with Crippen LogP contribution in [0.15, 0.2) is 90.0 Å². The van der Waals surface area contributed by atoms with Gasteiger partial charge in [-0.25, -0.2) is 13.1 Å². The van der Waals surface area contributed by atoms with Gasteiger partial charge in [0, 0.05) is 41.4 Å². The lowest BCUT2D eigenvalue weighted by Gasteiger charge is -2.15. The van der Waals surface area contributed by atoms with Gasteiger partial charge in [-0.2, -0.15) is 0 Å². The van der Waals surface area contributed by atoms with Crippen molar-refractivity contribution >= 4 is 44.1 Å². The molecule has 3 aromatic carbocycles. The first kappa shape index (κ1) is 26.4. The molecule has 192 valence electrons. The summed E-state index contributed by atoms with van der Waals surface area (Å²) >= 11 is 6.02. The van der Waals surface area contributed by atoms with Gasteiger partial charge in [0.15, 0.2) is 6.61 Å². The molecule has 3 N–H and O–H groups in total. The van der Waals surface area contributed by atoms with E-state index in [-0.39, 0.29) is 23.5 Å². The van der Waals surface area contributed by atoms with E-state index in [0.717, 1.165) is 22.2 Å². The topological polar surface area (TPSA) is 109 Å². The lowest BCUT2D eigenvalue weighted by molar-refractivity contribution is -0.123. The van der Waals surface area contributed by atoms with Gasteiger partial charge >= 0.3 is 0 Å². The van der Waals surface area contributed by atoms with Crippen LogP contribution >= 0.6 is 11.6 Å². The third-order valence-corrected chi connectivity index (χ3v) is 7.39. The molecule has 0 radical (unpaired) electrons. The molecule has 0 aliphatic carbocycles. The zero-order valence-electron chi connectivity index (χ0n) is 20.1. The third-order valence-electron chi connectivity index (χ3n) is 5.60. The van der Waals surface area contributed by atoms with E-state index >= 15 is 0 Å². The minimum absolute atomic E-state index is 0.115. The van der Waals surface area contributed by atoms with E-state index in [9.17, 15) is 13.2 Å². The second-order valence-electron chi connectivity index (χ2n) is 8.31.